The number of aryl methyl sites for hydroxylation is 2. The number of hydrogen-bond donors (Lipinski definition) is 1. The minimum atomic E-state index is -0.460. The average Bonchev–Trinajstić information content (AvgIpc) is 2.55. The summed E-state index contributed by atoms with van der Waals surface area (Å²) in [5, 5.41) is 3.75. The molecule has 8 nitrogen and oxygen atoms in total. The summed E-state index contributed by atoms with van der Waals surface area (Å²) in [5.41, 5.74) is 0.285. The van der Waals surface area contributed by atoms with Crippen molar-refractivity contribution in [2.24, 2.45) is 14.1 Å². The smallest absolute Gasteiger partial charge is 0.332 e. The fourth-order valence-corrected chi connectivity index (χ4v) is 3.50. The summed E-state index contributed by atoms with van der Waals surface area (Å²) in [7, 11) is 2.99. The average molecular weight is 418 g/mol. The van der Waals surface area contributed by atoms with Crippen LogP contribution in [0, 0.1) is 6.92 Å². The number of aromatic nitrogens is 3. The summed E-state index contributed by atoms with van der Waals surface area (Å²) in [6.45, 7) is 7.01. The molecule has 150 valence electrons. The maximum atomic E-state index is 12.9. The summed E-state index contributed by atoms with van der Waals surface area (Å²) in [6, 6.07) is 2.03. The molecule has 2 atom stereocenters. The number of halogens is 2. The first-order valence-electron chi connectivity index (χ1n) is 8.33. The lowest BCUT2D eigenvalue weighted by atomic mass is 10.1. The molecule has 1 saturated heterocycles. The van der Waals surface area contributed by atoms with E-state index in [-0.39, 0.29) is 54.1 Å². The van der Waals surface area contributed by atoms with Gasteiger partial charge in [-0.3, -0.25) is 18.7 Å². The van der Waals surface area contributed by atoms with E-state index in [0.29, 0.717) is 24.0 Å². The summed E-state index contributed by atoms with van der Waals surface area (Å²) >= 11 is 0. The minimum absolute atomic E-state index is 0. The van der Waals surface area contributed by atoms with Gasteiger partial charge in [-0.2, -0.15) is 0 Å². The van der Waals surface area contributed by atoms with Gasteiger partial charge in [0.05, 0.1) is 5.39 Å². The van der Waals surface area contributed by atoms with Crippen molar-refractivity contribution in [3.63, 3.8) is 0 Å². The summed E-state index contributed by atoms with van der Waals surface area (Å²) in [6.07, 6.45) is 0. The first kappa shape index (κ1) is 23.1. The Hall–Kier alpha value is -1.90. The normalized spacial score (nSPS) is 19.4. The van der Waals surface area contributed by atoms with Crippen molar-refractivity contribution < 1.29 is 4.79 Å². The lowest BCUT2D eigenvalue weighted by Crippen LogP contribution is -2.56. The third kappa shape index (κ3) is 4.02. The number of pyridine rings is 1. The number of piperazine rings is 1. The molecule has 1 aliphatic rings. The van der Waals surface area contributed by atoms with E-state index in [4.69, 9.17) is 0 Å². The number of hydrogen-bond acceptors (Lipinski definition) is 5. The molecule has 0 aromatic carbocycles. The summed E-state index contributed by atoms with van der Waals surface area (Å²) in [5.74, 6) is -0.182. The highest BCUT2D eigenvalue weighted by atomic mass is 35.5. The van der Waals surface area contributed by atoms with E-state index >= 15 is 0 Å². The Morgan fingerprint density at radius 2 is 1.67 bits per heavy atom. The van der Waals surface area contributed by atoms with Gasteiger partial charge in [-0.1, -0.05) is 0 Å². The van der Waals surface area contributed by atoms with E-state index in [1.54, 1.807) is 24.9 Å². The second-order valence-electron chi connectivity index (χ2n) is 6.91. The number of carbonyl (C=O) groups excluding carboxylic acids is 1. The van der Waals surface area contributed by atoms with Crippen LogP contribution in [0.2, 0.25) is 0 Å². The highest BCUT2D eigenvalue weighted by Gasteiger charge is 2.27. The van der Waals surface area contributed by atoms with E-state index in [1.165, 1.54) is 11.6 Å². The van der Waals surface area contributed by atoms with Gasteiger partial charge in [-0.15, -0.1) is 24.8 Å². The molecule has 1 aliphatic heterocycles. The van der Waals surface area contributed by atoms with E-state index in [0.717, 1.165) is 4.57 Å². The maximum absolute atomic E-state index is 12.9. The second-order valence-corrected chi connectivity index (χ2v) is 6.91. The number of amides is 1. The van der Waals surface area contributed by atoms with Gasteiger partial charge >= 0.3 is 5.69 Å². The monoisotopic (exact) mass is 417 g/mol. The van der Waals surface area contributed by atoms with Gasteiger partial charge in [-0.05, 0) is 32.4 Å². The third-order valence-corrected chi connectivity index (χ3v) is 4.67. The van der Waals surface area contributed by atoms with Gasteiger partial charge < -0.3 is 10.2 Å². The van der Waals surface area contributed by atoms with E-state index in [9.17, 15) is 14.4 Å². The van der Waals surface area contributed by atoms with Crippen molar-refractivity contribution in [3.8, 4) is 0 Å². The fraction of sp³-hybridized carbons (Fsp3) is 0.529. The number of nitrogens with zero attached hydrogens (tertiary/aromatic N) is 4. The molecule has 1 fully saturated rings. The first-order chi connectivity index (χ1) is 11.7. The lowest BCUT2D eigenvalue weighted by molar-refractivity contribution is 0.0668. The summed E-state index contributed by atoms with van der Waals surface area (Å²) in [4.78, 5) is 43.6. The van der Waals surface area contributed by atoms with Crippen LogP contribution >= 0.6 is 24.8 Å². The van der Waals surface area contributed by atoms with Gasteiger partial charge in [0, 0.05) is 39.3 Å². The zero-order valence-electron chi connectivity index (χ0n) is 16.0. The zero-order valence-corrected chi connectivity index (χ0v) is 17.6. The Bertz CT molecular complexity index is 975. The van der Waals surface area contributed by atoms with Gasteiger partial charge in [0.15, 0.2) is 0 Å². The number of fused-ring (bicyclic) bond motifs is 1. The molecule has 1 N–H and O–H groups in total. The maximum Gasteiger partial charge on any atom is 0.332 e. The molecule has 0 bridgehead atoms. The quantitative estimate of drug-likeness (QED) is 0.733. The number of nitrogens with one attached hydrogen (secondary N) is 1. The molecule has 0 saturated carbocycles. The molecule has 1 amide bonds. The third-order valence-electron chi connectivity index (χ3n) is 4.67. The molecule has 3 rings (SSSR count). The van der Waals surface area contributed by atoms with Crippen LogP contribution in [0.4, 0.5) is 0 Å². The highest BCUT2D eigenvalue weighted by Crippen LogP contribution is 2.15. The van der Waals surface area contributed by atoms with Crippen LogP contribution in [0.15, 0.2) is 15.7 Å². The van der Waals surface area contributed by atoms with Crippen molar-refractivity contribution in [3.05, 3.63) is 38.2 Å². The molecule has 3 heterocycles. The van der Waals surface area contributed by atoms with Crippen LogP contribution in [-0.4, -0.2) is 50.1 Å². The fourth-order valence-electron chi connectivity index (χ4n) is 3.50. The topological polar surface area (TPSA) is 89.2 Å². The lowest BCUT2D eigenvalue weighted by Gasteiger charge is -2.36. The number of rotatable bonds is 1. The van der Waals surface area contributed by atoms with Crippen LogP contribution in [0.25, 0.3) is 11.0 Å². The Kier molecular flexibility index (Phi) is 7.21. The Morgan fingerprint density at radius 3 is 2.22 bits per heavy atom. The van der Waals surface area contributed by atoms with Crippen LogP contribution in [0.1, 0.15) is 29.9 Å². The van der Waals surface area contributed by atoms with Crippen molar-refractivity contribution in [2.45, 2.75) is 32.9 Å². The standard InChI is InChI=1S/C17H23N5O3.2ClH/c1-9-6-12(15(23)22-7-10(2)18-11(3)8-22)19-14-13(9)16(24)21(5)17(25)20(14)4;;/h6,10-11,18H,7-8H2,1-5H3;2*1H. The molecule has 27 heavy (non-hydrogen) atoms. The molecule has 2 aromatic rings. The molecule has 0 aliphatic carbocycles. The molecular weight excluding hydrogens is 393 g/mol. The van der Waals surface area contributed by atoms with Crippen molar-refractivity contribution in [2.75, 3.05) is 13.1 Å². The number of carbonyl (C=O) groups is 1. The SMILES string of the molecule is Cc1cc(C(=O)N2CC(C)NC(C)C2)nc2c1c(=O)n(C)c(=O)n2C.Cl.Cl. The van der Waals surface area contributed by atoms with Crippen LogP contribution in [0.3, 0.4) is 0 Å². The zero-order chi connectivity index (χ0) is 18.5. The molecule has 2 unspecified atom stereocenters. The van der Waals surface area contributed by atoms with E-state index in [2.05, 4.69) is 10.3 Å². The second kappa shape index (κ2) is 8.41. The molecule has 10 heteroatoms. The van der Waals surface area contributed by atoms with Gasteiger partial charge in [-0.25, -0.2) is 9.78 Å². The van der Waals surface area contributed by atoms with Crippen molar-refractivity contribution >= 4 is 41.8 Å². The van der Waals surface area contributed by atoms with Crippen molar-refractivity contribution in [1.29, 1.82) is 0 Å². The molecule has 0 spiro atoms. The predicted molar refractivity (Wildman–Crippen MR) is 109 cm³/mol. The largest absolute Gasteiger partial charge is 0.334 e. The van der Waals surface area contributed by atoms with Gasteiger partial charge in [0.1, 0.15) is 11.3 Å². The Balaban J connectivity index is 0.00000182. The van der Waals surface area contributed by atoms with Crippen LogP contribution in [-0.2, 0) is 14.1 Å². The Labute approximate surface area is 169 Å². The highest BCUT2D eigenvalue weighted by molar-refractivity contribution is 5.95. The van der Waals surface area contributed by atoms with Gasteiger partial charge in [0.25, 0.3) is 11.5 Å². The van der Waals surface area contributed by atoms with E-state index in [1.807, 2.05) is 13.8 Å². The molecule has 2 aromatic heterocycles. The van der Waals surface area contributed by atoms with Gasteiger partial charge in [0.2, 0.25) is 0 Å². The summed E-state index contributed by atoms with van der Waals surface area (Å²) < 4.78 is 2.36. The van der Waals surface area contributed by atoms with E-state index < -0.39 is 11.2 Å². The predicted octanol–water partition coefficient (Wildman–Crippen LogP) is 0.607. The Morgan fingerprint density at radius 1 is 1.11 bits per heavy atom. The molecule has 0 radical (unpaired) electrons. The molecular formula is C17H25Cl2N5O3. The first-order valence-corrected chi connectivity index (χ1v) is 8.33. The minimum Gasteiger partial charge on any atom is -0.334 e. The van der Waals surface area contributed by atoms with Crippen LogP contribution < -0.4 is 16.6 Å². The van der Waals surface area contributed by atoms with Crippen LogP contribution in [0.5, 0.6) is 0 Å². The van der Waals surface area contributed by atoms with Crippen molar-refractivity contribution in [1.82, 2.24) is 24.3 Å².